The highest BCUT2D eigenvalue weighted by Gasteiger charge is 2.14. The lowest BCUT2D eigenvalue weighted by molar-refractivity contribution is 0.0954. The van der Waals surface area contributed by atoms with E-state index in [4.69, 9.17) is 4.99 Å². The highest BCUT2D eigenvalue weighted by atomic mass is 32.2. The summed E-state index contributed by atoms with van der Waals surface area (Å²) >= 11 is 0. The molecule has 0 spiro atoms. The van der Waals surface area contributed by atoms with E-state index in [1.807, 2.05) is 19.1 Å². The number of pyridine rings is 1. The van der Waals surface area contributed by atoms with E-state index in [-0.39, 0.29) is 17.7 Å². The average molecular weight is 387 g/mol. The lowest BCUT2D eigenvalue weighted by Gasteiger charge is -2.18. The van der Waals surface area contributed by atoms with Gasteiger partial charge in [0.1, 0.15) is 5.49 Å². The molecule has 1 aromatic carbocycles. The Kier molecular flexibility index (Phi) is 5.95. The van der Waals surface area contributed by atoms with Crippen molar-refractivity contribution in [3.8, 4) is 0 Å². The quantitative estimate of drug-likeness (QED) is 0.810. The Morgan fingerprint density at radius 3 is 2.41 bits per heavy atom. The first kappa shape index (κ1) is 19.5. The molecule has 1 fully saturated rings. The second-order valence-corrected chi connectivity index (χ2v) is 9.57. The normalized spacial score (nSPS) is 16.4. The fraction of sp³-hybridized carbons (Fsp3) is 0.429. The Hall–Kier alpha value is -2.21. The first-order chi connectivity index (χ1) is 12.8. The largest absolute Gasteiger partial charge is 0.268 e. The first-order valence-corrected chi connectivity index (χ1v) is 11.4. The lowest BCUT2D eigenvalue weighted by atomic mass is 9.96. The van der Waals surface area contributed by atoms with Gasteiger partial charge in [0, 0.05) is 18.0 Å². The molecule has 2 aromatic rings. The Labute approximate surface area is 160 Å². The summed E-state index contributed by atoms with van der Waals surface area (Å²) in [5.41, 5.74) is 2.94. The number of sulfone groups is 1. The molecule has 0 aliphatic heterocycles. The van der Waals surface area contributed by atoms with E-state index in [1.54, 1.807) is 35.0 Å². The maximum Gasteiger partial charge on any atom is 0.263 e. The van der Waals surface area contributed by atoms with E-state index in [0.29, 0.717) is 16.6 Å². The molecule has 144 valence electrons. The third-order valence-corrected chi connectivity index (χ3v) is 5.69. The van der Waals surface area contributed by atoms with Crippen molar-refractivity contribution in [2.45, 2.75) is 50.8 Å². The fourth-order valence-corrected chi connectivity index (χ4v) is 4.24. The molecule has 1 saturated carbocycles. The molecule has 0 amide bonds. The van der Waals surface area contributed by atoms with Crippen LogP contribution in [-0.4, -0.2) is 31.2 Å². The van der Waals surface area contributed by atoms with Crippen LogP contribution in [0.25, 0.3) is 0 Å². The standard InChI is InChI=1S/C21H26N2O3S/c1-16-12-13-23(20(14-16)22-19-6-4-3-5-7-19)21(24)18-10-8-17(9-11-18)15-27(2,25)26/h8-14,19H,3-7,15H2,1-2H3. The zero-order chi connectivity index (χ0) is 19.4. The van der Waals surface area contributed by atoms with Crippen LogP contribution >= 0.6 is 0 Å². The van der Waals surface area contributed by atoms with Gasteiger partial charge in [-0.3, -0.25) is 14.4 Å². The van der Waals surface area contributed by atoms with Crippen molar-refractivity contribution in [3.63, 3.8) is 0 Å². The minimum absolute atomic E-state index is 0.0264. The summed E-state index contributed by atoms with van der Waals surface area (Å²) < 4.78 is 24.4. The summed E-state index contributed by atoms with van der Waals surface area (Å²) in [5.74, 6) is -0.183. The number of carbonyl (C=O) groups is 1. The van der Waals surface area contributed by atoms with Gasteiger partial charge >= 0.3 is 0 Å². The predicted molar refractivity (Wildman–Crippen MR) is 106 cm³/mol. The van der Waals surface area contributed by atoms with Crippen LogP contribution in [0.5, 0.6) is 0 Å². The Morgan fingerprint density at radius 1 is 1.11 bits per heavy atom. The van der Waals surface area contributed by atoms with Crippen molar-refractivity contribution >= 4 is 15.7 Å². The number of carbonyl (C=O) groups excluding carboxylic acids is 1. The zero-order valence-corrected chi connectivity index (χ0v) is 16.7. The van der Waals surface area contributed by atoms with Crippen LogP contribution in [0.1, 0.15) is 53.6 Å². The van der Waals surface area contributed by atoms with Gasteiger partial charge in [-0.15, -0.1) is 0 Å². The van der Waals surface area contributed by atoms with Crippen LogP contribution in [0.2, 0.25) is 0 Å². The fourth-order valence-electron chi connectivity index (χ4n) is 3.44. The topological polar surface area (TPSA) is 68.5 Å². The molecule has 1 aromatic heterocycles. The molecule has 5 nitrogen and oxygen atoms in total. The summed E-state index contributed by atoms with van der Waals surface area (Å²) in [6, 6.07) is 10.9. The maximum atomic E-state index is 13.0. The molecule has 0 saturated heterocycles. The molecule has 3 rings (SSSR count). The molecule has 1 aliphatic carbocycles. The van der Waals surface area contributed by atoms with Crippen molar-refractivity contribution in [3.05, 3.63) is 64.8 Å². The monoisotopic (exact) mass is 386 g/mol. The zero-order valence-electron chi connectivity index (χ0n) is 15.9. The third kappa shape index (κ3) is 5.39. The van der Waals surface area contributed by atoms with Crippen molar-refractivity contribution in [2.24, 2.45) is 4.99 Å². The highest BCUT2D eigenvalue weighted by Crippen LogP contribution is 2.19. The number of aromatic nitrogens is 1. The Balaban J connectivity index is 1.91. The molecule has 0 radical (unpaired) electrons. The van der Waals surface area contributed by atoms with Crippen LogP contribution in [-0.2, 0) is 15.6 Å². The molecule has 0 unspecified atom stereocenters. The van der Waals surface area contributed by atoms with Gasteiger partial charge in [0.25, 0.3) is 5.91 Å². The van der Waals surface area contributed by atoms with E-state index in [9.17, 15) is 13.2 Å². The van der Waals surface area contributed by atoms with Gasteiger partial charge in [0.05, 0.1) is 11.8 Å². The van der Waals surface area contributed by atoms with E-state index in [0.717, 1.165) is 18.4 Å². The second-order valence-electron chi connectivity index (χ2n) is 7.43. The van der Waals surface area contributed by atoms with Crippen LogP contribution in [0.3, 0.4) is 0 Å². The van der Waals surface area contributed by atoms with Gasteiger partial charge in [-0.1, -0.05) is 31.4 Å². The Morgan fingerprint density at radius 2 is 1.78 bits per heavy atom. The van der Waals surface area contributed by atoms with E-state index >= 15 is 0 Å². The number of nitrogens with zero attached hydrogens (tertiary/aromatic N) is 2. The highest BCUT2D eigenvalue weighted by molar-refractivity contribution is 7.89. The van der Waals surface area contributed by atoms with Gasteiger partial charge in [-0.2, -0.15) is 0 Å². The SMILES string of the molecule is Cc1ccn(C(=O)c2ccc(CS(C)(=O)=O)cc2)c(=NC2CCCCC2)c1. The number of rotatable bonds is 4. The number of hydrogen-bond acceptors (Lipinski definition) is 4. The van der Waals surface area contributed by atoms with Gasteiger partial charge in [0.15, 0.2) is 9.84 Å². The van der Waals surface area contributed by atoms with Crippen LogP contribution < -0.4 is 5.49 Å². The van der Waals surface area contributed by atoms with Crippen molar-refractivity contribution < 1.29 is 13.2 Å². The van der Waals surface area contributed by atoms with E-state index < -0.39 is 9.84 Å². The minimum atomic E-state index is -3.10. The van der Waals surface area contributed by atoms with Crippen LogP contribution in [0, 0.1) is 6.92 Å². The van der Waals surface area contributed by atoms with E-state index in [2.05, 4.69) is 0 Å². The van der Waals surface area contributed by atoms with Crippen LogP contribution in [0.4, 0.5) is 0 Å². The van der Waals surface area contributed by atoms with E-state index in [1.165, 1.54) is 25.5 Å². The van der Waals surface area contributed by atoms with Gasteiger partial charge in [0.2, 0.25) is 0 Å². The van der Waals surface area contributed by atoms with Crippen molar-refractivity contribution in [1.82, 2.24) is 4.57 Å². The van der Waals surface area contributed by atoms with Crippen molar-refractivity contribution in [1.29, 1.82) is 0 Å². The molecule has 1 aliphatic rings. The number of benzene rings is 1. The maximum absolute atomic E-state index is 13.0. The smallest absolute Gasteiger partial charge is 0.263 e. The number of hydrogen-bond donors (Lipinski definition) is 0. The van der Waals surface area contributed by atoms with Crippen molar-refractivity contribution in [2.75, 3.05) is 6.26 Å². The number of aryl methyl sites for hydroxylation is 1. The molecule has 0 N–H and O–H groups in total. The second kappa shape index (κ2) is 8.21. The molecular weight excluding hydrogens is 360 g/mol. The average Bonchev–Trinajstić information content (AvgIpc) is 2.61. The summed E-state index contributed by atoms with van der Waals surface area (Å²) in [5, 5.41) is 0. The minimum Gasteiger partial charge on any atom is -0.268 e. The van der Waals surface area contributed by atoms with Gasteiger partial charge < -0.3 is 0 Å². The summed E-state index contributed by atoms with van der Waals surface area (Å²) in [6.45, 7) is 1.99. The van der Waals surface area contributed by atoms with Crippen LogP contribution in [0.15, 0.2) is 47.6 Å². The lowest BCUT2D eigenvalue weighted by Crippen LogP contribution is -2.29. The van der Waals surface area contributed by atoms with Gasteiger partial charge in [-0.05, 0) is 55.2 Å². The first-order valence-electron chi connectivity index (χ1n) is 9.36. The van der Waals surface area contributed by atoms with Gasteiger partial charge in [-0.25, -0.2) is 8.42 Å². The molecule has 6 heteroatoms. The molecule has 0 bridgehead atoms. The molecular formula is C21H26N2O3S. The summed E-state index contributed by atoms with van der Waals surface area (Å²) in [7, 11) is -3.10. The molecule has 27 heavy (non-hydrogen) atoms. The Bertz CT molecular complexity index is 983. The molecule has 1 heterocycles. The predicted octanol–water partition coefficient (Wildman–Crippen LogP) is 3.26. The molecule has 0 atom stereocenters. The summed E-state index contributed by atoms with van der Waals surface area (Å²) in [4.78, 5) is 17.9. The summed E-state index contributed by atoms with van der Waals surface area (Å²) in [6.07, 6.45) is 8.76. The third-order valence-electron chi connectivity index (χ3n) is 4.83.